The van der Waals surface area contributed by atoms with Crippen molar-refractivity contribution in [3.63, 3.8) is 0 Å². The molecule has 4 aliphatic rings. The SMILES string of the molecule is Cc1ccc(N=Nc2ccc(OC(=O)C3CCC4(C)C(=CCC5C4CCC4(C)C(C(C)CCCC(C)C)CCC54)C3)cc2)cc1. The third-order valence-electron chi connectivity index (χ3n) is 13.0. The number of ether oxygens (including phenoxy) is 1. The first-order chi connectivity index (χ1) is 21.6. The molecule has 0 bridgehead atoms. The van der Waals surface area contributed by atoms with E-state index in [-0.39, 0.29) is 17.3 Å². The van der Waals surface area contributed by atoms with E-state index in [1.807, 2.05) is 48.5 Å². The van der Waals surface area contributed by atoms with Crippen molar-refractivity contribution in [2.75, 3.05) is 0 Å². The summed E-state index contributed by atoms with van der Waals surface area (Å²) in [7, 11) is 0. The van der Waals surface area contributed by atoms with Crippen molar-refractivity contribution < 1.29 is 9.53 Å². The molecule has 0 spiro atoms. The summed E-state index contributed by atoms with van der Waals surface area (Å²) in [5.41, 5.74) is 5.06. The molecule has 0 saturated heterocycles. The third kappa shape index (κ3) is 6.58. The molecule has 2 aromatic carbocycles. The number of carbonyl (C=O) groups excluding carboxylic acids is 1. The minimum Gasteiger partial charge on any atom is -0.426 e. The van der Waals surface area contributed by atoms with Gasteiger partial charge in [0.2, 0.25) is 0 Å². The van der Waals surface area contributed by atoms with Gasteiger partial charge in [-0.15, -0.1) is 0 Å². The van der Waals surface area contributed by atoms with Crippen molar-refractivity contribution in [2.45, 2.75) is 112 Å². The maximum absolute atomic E-state index is 13.4. The van der Waals surface area contributed by atoms with Crippen molar-refractivity contribution in [3.8, 4) is 5.75 Å². The van der Waals surface area contributed by atoms with Crippen molar-refractivity contribution in [1.82, 2.24) is 0 Å². The number of hydrogen-bond acceptors (Lipinski definition) is 4. The summed E-state index contributed by atoms with van der Waals surface area (Å²) in [6.45, 7) is 14.6. The third-order valence-corrected chi connectivity index (χ3v) is 13.0. The van der Waals surface area contributed by atoms with Crippen LogP contribution in [0.5, 0.6) is 5.75 Å². The molecule has 4 nitrogen and oxygen atoms in total. The summed E-state index contributed by atoms with van der Waals surface area (Å²) < 4.78 is 5.91. The first-order valence-electron chi connectivity index (χ1n) is 18.1. The van der Waals surface area contributed by atoms with Crippen LogP contribution in [-0.2, 0) is 4.79 Å². The number of nitrogens with zero attached hydrogens (tertiary/aromatic N) is 2. The van der Waals surface area contributed by atoms with E-state index in [0.29, 0.717) is 11.2 Å². The van der Waals surface area contributed by atoms with Crippen LogP contribution in [-0.4, -0.2) is 5.97 Å². The van der Waals surface area contributed by atoms with Crippen LogP contribution < -0.4 is 4.74 Å². The highest BCUT2D eigenvalue weighted by atomic mass is 16.5. The van der Waals surface area contributed by atoms with Gasteiger partial charge in [0.1, 0.15) is 5.75 Å². The average Bonchev–Trinajstić information content (AvgIpc) is 3.38. The molecule has 45 heavy (non-hydrogen) atoms. The van der Waals surface area contributed by atoms with Gasteiger partial charge >= 0.3 is 5.97 Å². The van der Waals surface area contributed by atoms with Crippen LogP contribution in [0.1, 0.15) is 111 Å². The Kier molecular flexibility index (Phi) is 9.42. The quantitative estimate of drug-likeness (QED) is 0.123. The number of hydrogen-bond donors (Lipinski definition) is 0. The minimum atomic E-state index is -0.0876. The summed E-state index contributed by atoms with van der Waals surface area (Å²) in [4.78, 5) is 13.4. The van der Waals surface area contributed by atoms with Gasteiger partial charge in [0, 0.05) is 0 Å². The lowest BCUT2D eigenvalue weighted by Crippen LogP contribution is -2.50. The summed E-state index contributed by atoms with van der Waals surface area (Å²) in [5, 5.41) is 8.65. The molecule has 0 heterocycles. The number of aryl methyl sites for hydroxylation is 1. The fraction of sp³-hybridized carbons (Fsp3) is 0.634. The highest BCUT2D eigenvalue weighted by Crippen LogP contribution is 2.67. The molecule has 3 fully saturated rings. The van der Waals surface area contributed by atoms with Crippen molar-refractivity contribution in [1.29, 1.82) is 0 Å². The zero-order valence-electron chi connectivity index (χ0n) is 28.7. The van der Waals surface area contributed by atoms with Crippen molar-refractivity contribution in [3.05, 3.63) is 65.7 Å². The summed E-state index contributed by atoms with van der Waals surface area (Å²) in [6.07, 6.45) is 16.5. The lowest BCUT2D eigenvalue weighted by atomic mass is 9.46. The predicted octanol–water partition coefficient (Wildman–Crippen LogP) is 12.0. The largest absolute Gasteiger partial charge is 0.426 e. The number of allylic oxidation sites excluding steroid dienone is 2. The molecule has 242 valence electrons. The predicted molar refractivity (Wildman–Crippen MR) is 184 cm³/mol. The van der Waals surface area contributed by atoms with Crippen molar-refractivity contribution in [2.24, 2.45) is 62.5 Å². The highest BCUT2D eigenvalue weighted by molar-refractivity contribution is 5.76. The molecular weight excluding hydrogens is 552 g/mol. The Morgan fingerprint density at radius 1 is 0.867 bits per heavy atom. The molecular formula is C41H56N2O2. The van der Waals surface area contributed by atoms with Gasteiger partial charge < -0.3 is 4.74 Å². The topological polar surface area (TPSA) is 51.0 Å². The van der Waals surface area contributed by atoms with E-state index in [9.17, 15) is 4.79 Å². The molecule has 8 unspecified atom stereocenters. The van der Waals surface area contributed by atoms with Crippen molar-refractivity contribution >= 4 is 17.3 Å². The zero-order chi connectivity index (χ0) is 31.8. The molecule has 0 radical (unpaired) electrons. The van der Waals surface area contributed by atoms with Gasteiger partial charge in [-0.05, 0) is 141 Å². The van der Waals surface area contributed by atoms with Crippen LogP contribution in [0.15, 0.2) is 70.4 Å². The van der Waals surface area contributed by atoms with E-state index in [1.165, 1.54) is 56.9 Å². The average molecular weight is 609 g/mol. The maximum Gasteiger partial charge on any atom is 0.314 e. The van der Waals surface area contributed by atoms with E-state index in [4.69, 9.17) is 4.74 Å². The molecule has 3 saturated carbocycles. The Hall–Kier alpha value is -2.75. The monoisotopic (exact) mass is 608 g/mol. The number of fused-ring (bicyclic) bond motifs is 5. The van der Waals surface area contributed by atoms with E-state index < -0.39 is 0 Å². The lowest BCUT2D eigenvalue weighted by molar-refractivity contribution is -0.140. The molecule has 4 aliphatic carbocycles. The zero-order valence-corrected chi connectivity index (χ0v) is 28.7. The number of rotatable bonds is 9. The first kappa shape index (κ1) is 32.2. The number of esters is 1. The summed E-state index contributed by atoms with van der Waals surface area (Å²) >= 11 is 0. The van der Waals surface area contributed by atoms with E-state index in [1.54, 1.807) is 5.57 Å². The molecule has 2 aromatic rings. The highest BCUT2D eigenvalue weighted by Gasteiger charge is 2.59. The standard InChI is InChI=1S/C41H56N2O2/c1-27(2)8-7-9-29(4)36-20-21-37-35-19-12-31-26-30(22-24-40(31,5)38(35)23-25-41(36,37)6)39(44)45-34-17-15-33(16-18-34)43-42-32-13-10-28(3)11-14-32/h10-18,27,29-30,35-38H,7-9,19-26H2,1-6H3. The first-order valence-corrected chi connectivity index (χ1v) is 18.1. The smallest absolute Gasteiger partial charge is 0.314 e. The van der Waals surface area contributed by atoms with Crippen LogP contribution in [0.4, 0.5) is 11.4 Å². The Morgan fingerprint density at radius 3 is 2.24 bits per heavy atom. The second kappa shape index (κ2) is 13.2. The minimum absolute atomic E-state index is 0.0572. The summed E-state index contributed by atoms with van der Waals surface area (Å²) in [6, 6.07) is 15.3. The Bertz CT molecular complexity index is 1390. The molecule has 4 heteroatoms. The summed E-state index contributed by atoms with van der Waals surface area (Å²) in [5.74, 6) is 5.45. The molecule has 0 N–H and O–H groups in total. The number of carbonyl (C=O) groups is 1. The second-order valence-electron chi connectivity index (χ2n) is 16.2. The van der Waals surface area contributed by atoms with Gasteiger partial charge in [-0.3, -0.25) is 4.79 Å². The van der Waals surface area contributed by atoms with Gasteiger partial charge in [0.25, 0.3) is 0 Å². The van der Waals surface area contributed by atoms with E-state index in [2.05, 4.69) is 57.8 Å². The molecule has 8 atom stereocenters. The van der Waals surface area contributed by atoms with E-state index >= 15 is 0 Å². The van der Waals surface area contributed by atoms with Gasteiger partial charge in [0.05, 0.1) is 17.3 Å². The van der Waals surface area contributed by atoms with Crippen LogP contribution in [0.2, 0.25) is 0 Å². The van der Waals surface area contributed by atoms with Crippen LogP contribution in [0.25, 0.3) is 0 Å². The van der Waals surface area contributed by atoms with Gasteiger partial charge in [0.15, 0.2) is 0 Å². The fourth-order valence-electron chi connectivity index (χ4n) is 10.4. The van der Waals surface area contributed by atoms with Crippen LogP contribution in [0.3, 0.4) is 0 Å². The Balaban J connectivity index is 1.06. The molecule has 0 amide bonds. The number of benzene rings is 2. The normalized spacial score (nSPS) is 33.3. The van der Waals surface area contributed by atoms with Crippen LogP contribution in [0, 0.1) is 59.2 Å². The fourth-order valence-corrected chi connectivity index (χ4v) is 10.4. The van der Waals surface area contributed by atoms with Gasteiger partial charge in [-0.25, -0.2) is 0 Å². The maximum atomic E-state index is 13.4. The molecule has 6 rings (SSSR count). The van der Waals surface area contributed by atoms with Gasteiger partial charge in [-0.1, -0.05) is 83.2 Å². The van der Waals surface area contributed by atoms with Gasteiger partial charge in [-0.2, -0.15) is 10.2 Å². The Labute approximate surface area is 272 Å². The van der Waals surface area contributed by atoms with E-state index in [0.717, 1.165) is 66.1 Å². The van der Waals surface area contributed by atoms with Crippen LogP contribution >= 0.6 is 0 Å². The molecule has 0 aromatic heterocycles. The lowest BCUT2D eigenvalue weighted by Gasteiger charge is -2.58. The molecule has 0 aliphatic heterocycles. The Morgan fingerprint density at radius 2 is 1.56 bits per heavy atom. The number of azo groups is 1. The second-order valence-corrected chi connectivity index (χ2v) is 16.2.